The predicted molar refractivity (Wildman–Crippen MR) is 123 cm³/mol. The SMILES string of the molecule is CC1(C)OB(c2cccc(CNCC(O)c3ccc4ccccc4c3)c2)OC1(C)C. The fraction of sp³-hybridized carbons (Fsp3) is 0.360. The molecule has 1 unspecified atom stereocenters. The third-order valence-electron chi connectivity index (χ3n) is 6.30. The quantitative estimate of drug-likeness (QED) is 0.612. The van der Waals surface area contributed by atoms with Crippen LogP contribution in [0, 0.1) is 0 Å². The van der Waals surface area contributed by atoms with Crippen LogP contribution in [0.3, 0.4) is 0 Å². The summed E-state index contributed by atoms with van der Waals surface area (Å²) in [6.45, 7) is 9.40. The Kier molecular flexibility index (Phi) is 5.73. The summed E-state index contributed by atoms with van der Waals surface area (Å²) in [5, 5.41) is 16.3. The third kappa shape index (κ3) is 4.30. The van der Waals surface area contributed by atoms with E-state index in [1.54, 1.807) is 0 Å². The van der Waals surface area contributed by atoms with Gasteiger partial charge in [0.1, 0.15) is 0 Å². The Morgan fingerprint density at radius 2 is 1.57 bits per heavy atom. The van der Waals surface area contributed by atoms with Gasteiger partial charge in [-0.25, -0.2) is 0 Å². The van der Waals surface area contributed by atoms with Gasteiger partial charge in [0.05, 0.1) is 17.3 Å². The minimum absolute atomic E-state index is 0.351. The fourth-order valence-electron chi connectivity index (χ4n) is 3.71. The second-order valence-electron chi connectivity index (χ2n) is 9.09. The molecule has 0 bridgehead atoms. The van der Waals surface area contributed by atoms with E-state index in [1.807, 2.05) is 30.3 Å². The summed E-state index contributed by atoms with van der Waals surface area (Å²) in [6, 6.07) is 22.5. The Hall–Kier alpha value is -2.18. The van der Waals surface area contributed by atoms with Crippen LogP contribution in [0.2, 0.25) is 0 Å². The second-order valence-corrected chi connectivity index (χ2v) is 9.09. The Balaban J connectivity index is 1.37. The lowest BCUT2D eigenvalue weighted by Gasteiger charge is -2.32. The summed E-state index contributed by atoms with van der Waals surface area (Å²) in [6.07, 6.45) is -0.555. The molecule has 4 rings (SSSR count). The molecule has 0 saturated carbocycles. The Morgan fingerprint density at radius 3 is 2.30 bits per heavy atom. The number of aliphatic hydroxyl groups excluding tert-OH is 1. The van der Waals surface area contributed by atoms with Gasteiger partial charge in [0, 0.05) is 13.1 Å². The number of benzene rings is 3. The van der Waals surface area contributed by atoms with E-state index >= 15 is 0 Å². The molecule has 0 radical (unpaired) electrons. The maximum absolute atomic E-state index is 10.6. The van der Waals surface area contributed by atoms with Crippen molar-refractivity contribution in [3.63, 3.8) is 0 Å². The zero-order valence-corrected chi connectivity index (χ0v) is 18.2. The summed E-state index contributed by atoms with van der Waals surface area (Å²) < 4.78 is 12.3. The van der Waals surface area contributed by atoms with Crippen molar-refractivity contribution in [3.05, 3.63) is 77.9 Å². The highest BCUT2D eigenvalue weighted by atomic mass is 16.7. The first-order valence-corrected chi connectivity index (χ1v) is 10.6. The van der Waals surface area contributed by atoms with Crippen LogP contribution in [-0.4, -0.2) is 30.0 Å². The first kappa shape index (κ1) is 21.1. The van der Waals surface area contributed by atoms with E-state index in [0.29, 0.717) is 13.1 Å². The molecular formula is C25H30BNO3. The molecule has 5 heteroatoms. The molecule has 3 aromatic rings. The molecule has 0 aromatic heterocycles. The summed E-state index contributed by atoms with van der Waals surface area (Å²) >= 11 is 0. The van der Waals surface area contributed by atoms with Crippen LogP contribution in [0.4, 0.5) is 0 Å². The van der Waals surface area contributed by atoms with Crippen LogP contribution in [0.15, 0.2) is 66.7 Å². The van der Waals surface area contributed by atoms with Gasteiger partial charge in [-0.15, -0.1) is 0 Å². The zero-order valence-electron chi connectivity index (χ0n) is 18.2. The van der Waals surface area contributed by atoms with Crippen LogP contribution in [0.1, 0.15) is 44.9 Å². The van der Waals surface area contributed by atoms with E-state index in [4.69, 9.17) is 9.31 Å². The van der Waals surface area contributed by atoms with Gasteiger partial charge in [-0.05, 0) is 61.1 Å². The highest BCUT2D eigenvalue weighted by Crippen LogP contribution is 2.36. The second kappa shape index (κ2) is 8.16. The number of hydrogen-bond donors (Lipinski definition) is 2. The molecule has 4 nitrogen and oxygen atoms in total. The number of aliphatic hydroxyl groups is 1. The molecule has 156 valence electrons. The zero-order chi connectivity index (χ0) is 21.4. The van der Waals surface area contributed by atoms with Crippen molar-refractivity contribution in [1.82, 2.24) is 5.32 Å². The fourth-order valence-corrected chi connectivity index (χ4v) is 3.71. The van der Waals surface area contributed by atoms with Crippen LogP contribution in [0.5, 0.6) is 0 Å². The standard InChI is InChI=1S/C25H30BNO3/c1-24(2)25(3,4)30-26(29-24)22-11-7-8-18(14-22)16-27-17-23(28)21-13-12-19-9-5-6-10-20(19)15-21/h5-15,23,27-28H,16-17H2,1-4H3. The lowest BCUT2D eigenvalue weighted by Crippen LogP contribution is -2.41. The van der Waals surface area contributed by atoms with Crippen molar-refractivity contribution in [3.8, 4) is 0 Å². The van der Waals surface area contributed by atoms with Crippen molar-refractivity contribution >= 4 is 23.4 Å². The van der Waals surface area contributed by atoms with Gasteiger partial charge in [0.15, 0.2) is 0 Å². The molecule has 1 aliphatic rings. The lowest BCUT2D eigenvalue weighted by atomic mass is 9.78. The summed E-state index contributed by atoms with van der Waals surface area (Å²) in [4.78, 5) is 0. The van der Waals surface area contributed by atoms with E-state index < -0.39 is 6.10 Å². The van der Waals surface area contributed by atoms with Crippen LogP contribution in [-0.2, 0) is 15.9 Å². The maximum Gasteiger partial charge on any atom is 0.494 e. The number of nitrogens with one attached hydrogen (secondary N) is 1. The first-order valence-electron chi connectivity index (χ1n) is 10.6. The van der Waals surface area contributed by atoms with Gasteiger partial charge in [-0.1, -0.05) is 60.7 Å². The maximum atomic E-state index is 10.6. The first-order chi connectivity index (χ1) is 14.2. The van der Waals surface area contributed by atoms with Gasteiger partial charge in [0.2, 0.25) is 0 Å². The van der Waals surface area contributed by atoms with Crippen molar-refractivity contribution < 1.29 is 14.4 Å². The molecule has 1 saturated heterocycles. The summed E-state index contributed by atoms with van der Waals surface area (Å²) in [5.74, 6) is 0. The Bertz CT molecular complexity index is 1020. The monoisotopic (exact) mass is 403 g/mol. The van der Waals surface area contributed by atoms with E-state index in [-0.39, 0.29) is 18.3 Å². The van der Waals surface area contributed by atoms with E-state index in [9.17, 15) is 5.11 Å². The van der Waals surface area contributed by atoms with Gasteiger partial charge < -0.3 is 19.7 Å². The predicted octanol–water partition coefficient (Wildman–Crippen LogP) is 3.96. The topological polar surface area (TPSA) is 50.7 Å². The number of fused-ring (bicyclic) bond motifs is 1. The van der Waals surface area contributed by atoms with Crippen molar-refractivity contribution in [2.75, 3.05) is 6.54 Å². The minimum atomic E-state index is -0.555. The minimum Gasteiger partial charge on any atom is -0.399 e. The molecule has 3 aromatic carbocycles. The number of hydrogen-bond acceptors (Lipinski definition) is 4. The molecule has 1 heterocycles. The van der Waals surface area contributed by atoms with Gasteiger partial charge in [-0.3, -0.25) is 0 Å². The van der Waals surface area contributed by atoms with Gasteiger partial charge in [-0.2, -0.15) is 0 Å². The van der Waals surface area contributed by atoms with Crippen LogP contribution in [0.25, 0.3) is 10.8 Å². The van der Waals surface area contributed by atoms with Crippen LogP contribution < -0.4 is 10.8 Å². The lowest BCUT2D eigenvalue weighted by molar-refractivity contribution is 0.00578. The van der Waals surface area contributed by atoms with E-state index in [2.05, 4.69) is 69.4 Å². The average molecular weight is 403 g/mol. The van der Waals surface area contributed by atoms with Crippen LogP contribution >= 0.6 is 0 Å². The molecule has 30 heavy (non-hydrogen) atoms. The smallest absolute Gasteiger partial charge is 0.399 e. The highest BCUT2D eigenvalue weighted by molar-refractivity contribution is 6.62. The molecular weight excluding hydrogens is 373 g/mol. The van der Waals surface area contributed by atoms with E-state index in [1.165, 1.54) is 5.39 Å². The third-order valence-corrected chi connectivity index (χ3v) is 6.30. The molecule has 0 spiro atoms. The highest BCUT2D eigenvalue weighted by Gasteiger charge is 2.51. The van der Waals surface area contributed by atoms with Crippen molar-refractivity contribution in [1.29, 1.82) is 0 Å². The Labute approximate surface area is 179 Å². The van der Waals surface area contributed by atoms with Gasteiger partial charge >= 0.3 is 7.12 Å². The van der Waals surface area contributed by atoms with Gasteiger partial charge in [0.25, 0.3) is 0 Å². The molecule has 2 N–H and O–H groups in total. The summed E-state index contributed by atoms with van der Waals surface area (Å²) in [5.41, 5.74) is 2.37. The molecule has 1 aliphatic heterocycles. The molecule has 0 aliphatic carbocycles. The number of rotatable bonds is 6. The van der Waals surface area contributed by atoms with Crippen molar-refractivity contribution in [2.24, 2.45) is 0 Å². The molecule has 1 atom stereocenters. The molecule has 1 fully saturated rings. The largest absolute Gasteiger partial charge is 0.494 e. The average Bonchev–Trinajstić information content (AvgIpc) is 2.95. The van der Waals surface area contributed by atoms with Crippen molar-refractivity contribution in [2.45, 2.75) is 51.5 Å². The Morgan fingerprint density at radius 1 is 0.867 bits per heavy atom. The normalized spacial score (nSPS) is 18.6. The molecule has 0 amide bonds. The van der Waals surface area contributed by atoms with E-state index in [0.717, 1.165) is 22.0 Å². The summed E-state index contributed by atoms with van der Waals surface area (Å²) in [7, 11) is -0.363.